The molecule has 2 N–H and O–H groups in total. The van der Waals surface area contributed by atoms with E-state index in [9.17, 15) is 14.4 Å². The SMILES string of the molecule is CC(=O)N1CCCC1C(=O)N[C@H](C)C(=O)O. The van der Waals surface area contributed by atoms with Crippen LogP contribution in [0.5, 0.6) is 0 Å². The van der Waals surface area contributed by atoms with Crippen LogP contribution in [0.4, 0.5) is 0 Å². The maximum atomic E-state index is 11.7. The quantitative estimate of drug-likeness (QED) is 0.687. The van der Waals surface area contributed by atoms with Gasteiger partial charge >= 0.3 is 5.97 Å². The molecule has 90 valence electrons. The molecule has 0 saturated carbocycles. The molecule has 6 nitrogen and oxygen atoms in total. The Bertz CT molecular complexity index is 316. The van der Waals surface area contributed by atoms with Gasteiger partial charge in [-0.3, -0.25) is 14.4 Å². The largest absolute Gasteiger partial charge is 0.480 e. The van der Waals surface area contributed by atoms with Gasteiger partial charge in [-0.25, -0.2) is 0 Å². The van der Waals surface area contributed by atoms with Gasteiger partial charge in [-0.15, -0.1) is 0 Å². The molecule has 0 aromatic carbocycles. The normalized spacial score (nSPS) is 21.6. The van der Waals surface area contributed by atoms with Crippen LogP contribution in [0.1, 0.15) is 26.7 Å². The van der Waals surface area contributed by atoms with Crippen molar-refractivity contribution in [1.82, 2.24) is 10.2 Å². The first kappa shape index (κ1) is 12.5. The summed E-state index contributed by atoms with van der Waals surface area (Å²) in [5.41, 5.74) is 0. The standard InChI is InChI=1S/C10H16N2O4/c1-6(10(15)16)11-9(14)8-4-3-5-12(8)7(2)13/h6,8H,3-5H2,1-2H3,(H,11,14)(H,15,16)/t6-,8?/m1/s1. The van der Waals surface area contributed by atoms with Crippen molar-refractivity contribution >= 4 is 17.8 Å². The van der Waals surface area contributed by atoms with Gasteiger partial charge in [0.2, 0.25) is 11.8 Å². The molecule has 0 aromatic heterocycles. The van der Waals surface area contributed by atoms with Crippen LogP contribution in [0, 0.1) is 0 Å². The first-order valence-electron chi connectivity index (χ1n) is 5.24. The molecule has 1 rings (SSSR count). The van der Waals surface area contributed by atoms with Gasteiger partial charge in [0.1, 0.15) is 12.1 Å². The Morgan fingerprint density at radius 3 is 2.56 bits per heavy atom. The summed E-state index contributed by atoms with van der Waals surface area (Å²) in [6.45, 7) is 3.37. The Labute approximate surface area is 93.6 Å². The molecule has 1 fully saturated rings. The van der Waals surface area contributed by atoms with Crippen molar-refractivity contribution in [3.8, 4) is 0 Å². The van der Waals surface area contributed by atoms with Crippen LogP contribution in [0.2, 0.25) is 0 Å². The first-order chi connectivity index (χ1) is 7.43. The number of likely N-dealkylation sites (tertiary alicyclic amines) is 1. The van der Waals surface area contributed by atoms with Gasteiger partial charge in [-0.05, 0) is 19.8 Å². The van der Waals surface area contributed by atoms with E-state index >= 15 is 0 Å². The zero-order valence-corrected chi connectivity index (χ0v) is 9.40. The summed E-state index contributed by atoms with van der Waals surface area (Å²) in [4.78, 5) is 35.0. The second-order valence-corrected chi connectivity index (χ2v) is 3.94. The van der Waals surface area contributed by atoms with Crippen LogP contribution in [-0.4, -0.2) is 46.4 Å². The Hall–Kier alpha value is -1.59. The Morgan fingerprint density at radius 2 is 2.06 bits per heavy atom. The second kappa shape index (κ2) is 4.96. The molecule has 1 aliphatic rings. The molecule has 1 saturated heterocycles. The van der Waals surface area contributed by atoms with E-state index in [1.807, 2.05) is 0 Å². The fourth-order valence-electron chi connectivity index (χ4n) is 1.79. The predicted molar refractivity (Wildman–Crippen MR) is 55.6 cm³/mol. The average molecular weight is 228 g/mol. The summed E-state index contributed by atoms with van der Waals surface area (Å²) in [5.74, 6) is -1.62. The lowest BCUT2D eigenvalue weighted by molar-refractivity contribution is -0.143. The molecule has 0 aromatic rings. The molecule has 1 heterocycles. The van der Waals surface area contributed by atoms with E-state index < -0.39 is 18.1 Å². The lowest BCUT2D eigenvalue weighted by Crippen LogP contribution is -2.49. The number of nitrogens with one attached hydrogen (secondary N) is 1. The van der Waals surface area contributed by atoms with Gasteiger partial charge < -0.3 is 15.3 Å². The fraction of sp³-hybridized carbons (Fsp3) is 0.700. The van der Waals surface area contributed by atoms with Crippen molar-refractivity contribution in [3.63, 3.8) is 0 Å². The topological polar surface area (TPSA) is 86.7 Å². The molecule has 0 spiro atoms. The number of hydrogen-bond acceptors (Lipinski definition) is 3. The zero-order chi connectivity index (χ0) is 12.3. The minimum atomic E-state index is -1.08. The molecule has 0 bridgehead atoms. The Morgan fingerprint density at radius 1 is 1.44 bits per heavy atom. The maximum Gasteiger partial charge on any atom is 0.325 e. The van der Waals surface area contributed by atoms with Crippen molar-refractivity contribution in [3.05, 3.63) is 0 Å². The van der Waals surface area contributed by atoms with Crippen molar-refractivity contribution in [1.29, 1.82) is 0 Å². The van der Waals surface area contributed by atoms with Crippen LogP contribution in [0.15, 0.2) is 0 Å². The van der Waals surface area contributed by atoms with Gasteiger partial charge in [0.15, 0.2) is 0 Å². The minimum absolute atomic E-state index is 0.152. The molecule has 16 heavy (non-hydrogen) atoms. The van der Waals surface area contributed by atoms with Gasteiger partial charge in [0.25, 0.3) is 0 Å². The van der Waals surface area contributed by atoms with E-state index in [0.717, 1.165) is 6.42 Å². The van der Waals surface area contributed by atoms with Gasteiger partial charge in [-0.2, -0.15) is 0 Å². The molecule has 2 amide bonds. The summed E-state index contributed by atoms with van der Waals surface area (Å²) < 4.78 is 0. The summed E-state index contributed by atoms with van der Waals surface area (Å²) >= 11 is 0. The molecule has 2 atom stereocenters. The minimum Gasteiger partial charge on any atom is -0.480 e. The molecular weight excluding hydrogens is 212 g/mol. The number of nitrogens with zero attached hydrogens (tertiary/aromatic N) is 1. The number of carboxylic acids is 1. The summed E-state index contributed by atoms with van der Waals surface area (Å²) in [6.07, 6.45) is 1.37. The fourth-order valence-corrected chi connectivity index (χ4v) is 1.79. The second-order valence-electron chi connectivity index (χ2n) is 3.94. The molecule has 0 aliphatic carbocycles. The first-order valence-corrected chi connectivity index (χ1v) is 5.24. The monoisotopic (exact) mass is 228 g/mol. The summed E-state index contributed by atoms with van der Waals surface area (Å²) in [6, 6.07) is -1.44. The third-order valence-electron chi connectivity index (χ3n) is 2.69. The Kier molecular flexibility index (Phi) is 3.87. The van der Waals surface area contributed by atoms with Crippen LogP contribution < -0.4 is 5.32 Å². The van der Waals surface area contributed by atoms with Crippen molar-refractivity contribution in [2.24, 2.45) is 0 Å². The smallest absolute Gasteiger partial charge is 0.325 e. The average Bonchev–Trinajstić information content (AvgIpc) is 2.65. The third kappa shape index (κ3) is 2.71. The molecule has 1 unspecified atom stereocenters. The number of hydrogen-bond donors (Lipinski definition) is 2. The van der Waals surface area contributed by atoms with Crippen molar-refractivity contribution in [2.45, 2.75) is 38.8 Å². The number of rotatable bonds is 3. The molecule has 1 aliphatic heterocycles. The van der Waals surface area contributed by atoms with E-state index in [1.165, 1.54) is 18.7 Å². The molecular formula is C10H16N2O4. The highest BCUT2D eigenvalue weighted by molar-refractivity contribution is 5.90. The number of carbonyl (C=O) groups excluding carboxylic acids is 2. The van der Waals surface area contributed by atoms with Crippen LogP contribution in [0.3, 0.4) is 0 Å². The predicted octanol–water partition coefficient (Wildman–Crippen LogP) is -0.413. The van der Waals surface area contributed by atoms with E-state index in [4.69, 9.17) is 5.11 Å². The molecule has 0 radical (unpaired) electrons. The highest BCUT2D eigenvalue weighted by Crippen LogP contribution is 2.17. The summed E-state index contributed by atoms with van der Waals surface area (Å²) in [5, 5.41) is 11.0. The van der Waals surface area contributed by atoms with E-state index in [0.29, 0.717) is 13.0 Å². The highest BCUT2D eigenvalue weighted by atomic mass is 16.4. The lowest BCUT2D eigenvalue weighted by atomic mass is 10.2. The van der Waals surface area contributed by atoms with Crippen molar-refractivity contribution < 1.29 is 19.5 Å². The summed E-state index contributed by atoms with van der Waals surface area (Å²) in [7, 11) is 0. The van der Waals surface area contributed by atoms with Crippen molar-refractivity contribution in [2.75, 3.05) is 6.54 Å². The van der Waals surface area contributed by atoms with E-state index in [1.54, 1.807) is 0 Å². The molecule has 6 heteroatoms. The van der Waals surface area contributed by atoms with E-state index in [2.05, 4.69) is 5.32 Å². The lowest BCUT2D eigenvalue weighted by Gasteiger charge is -2.23. The van der Waals surface area contributed by atoms with Gasteiger partial charge in [0.05, 0.1) is 0 Å². The van der Waals surface area contributed by atoms with Crippen LogP contribution in [0.25, 0.3) is 0 Å². The maximum absolute atomic E-state index is 11.7. The van der Waals surface area contributed by atoms with Gasteiger partial charge in [0, 0.05) is 13.5 Å². The highest BCUT2D eigenvalue weighted by Gasteiger charge is 2.33. The van der Waals surface area contributed by atoms with Crippen LogP contribution in [-0.2, 0) is 14.4 Å². The third-order valence-corrected chi connectivity index (χ3v) is 2.69. The van der Waals surface area contributed by atoms with E-state index in [-0.39, 0.29) is 11.8 Å². The van der Waals surface area contributed by atoms with Gasteiger partial charge in [-0.1, -0.05) is 0 Å². The van der Waals surface area contributed by atoms with Crippen LogP contribution >= 0.6 is 0 Å². The number of carboxylic acid groups (broad SMARTS) is 1. The number of carbonyl (C=O) groups is 3. The number of amides is 2. The Balaban J connectivity index is 2.60. The number of aliphatic carboxylic acids is 1. The zero-order valence-electron chi connectivity index (χ0n) is 9.40.